The molecule has 0 aliphatic heterocycles. The number of nitrogens with one attached hydrogen (secondary N) is 1. The fraction of sp³-hybridized carbons (Fsp3) is 0.909. The first-order chi connectivity index (χ1) is 7.11. The van der Waals surface area contributed by atoms with Gasteiger partial charge >= 0.3 is 8.05 Å². The lowest BCUT2D eigenvalue weighted by Crippen LogP contribution is -2.28. The third-order valence-electron chi connectivity index (χ3n) is 2.40. The fourth-order valence-corrected chi connectivity index (χ4v) is 1.47. The molecular formula is C11H22BNO2. The second-order valence-corrected chi connectivity index (χ2v) is 4.17. The molecule has 0 aromatic carbocycles. The molecule has 4 heteroatoms. The van der Waals surface area contributed by atoms with E-state index in [9.17, 15) is 4.79 Å². The van der Waals surface area contributed by atoms with E-state index in [0.717, 1.165) is 32.2 Å². The fourth-order valence-electron chi connectivity index (χ4n) is 1.47. The predicted molar refractivity (Wildman–Crippen MR) is 62.6 cm³/mol. The molecule has 0 bridgehead atoms. The maximum absolute atomic E-state index is 11.3. The van der Waals surface area contributed by atoms with E-state index in [1.807, 2.05) is 0 Å². The smallest absolute Gasteiger partial charge is 0.378 e. The van der Waals surface area contributed by atoms with Crippen LogP contribution in [0.25, 0.3) is 0 Å². The minimum atomic E-state index is -0.283. The first kappa shape index (κ1) is 14.5. The van der Waals surface area contributed by atoms with Crippen LogP contribution in [0.1, 0.15) is 46.5 Å². The molecule has 0 saturated carbocycles. The molecule has 0 aliphatic carbocycles. The second-order valence-electron chi connectivity index (χ2n) is 4.17. The van der Waals surface area contributed by atoms with Crippen molar-refractivity contribution >= 4 is 14.0 Å². The Labute approximate surface area is 94.4 Å². The van der Waals surface area contributed by atoms with Crippen molar-refractivity contribution in [2.24, 2.45) is 5.92 Å². The zero-order valence-corrected chi connectivity index (χ0v) is 10.1. The van der Waals surface area contributed by atoms with Crippen molar-refractivity contribution in [2.45, 2.75) is 52.5 Å². The van der Waals surface area contributed by atoms with Crippen molar-refractivity contribution in [2.75, 3.05) is 6.54 Å². The lowest BCUT2D eigenvalue weighted by Gasteiger charge is -2.16. The van der Waals surface area contributed by atoms with Gasteiger partial charge in [0.25, 0.3) is 5.97 Å². The Kier molecular flexibility index (Phi) is 8.48. The van der Waals surface area contributed by atoms with Crippen LogP contribution in [0.3, 0.4) is 0 Å². The van der Waals surface area contributed by atoms with Crippen molar-refractivity contribution in [3.8, 4) is 0 Å². The van der Waals surface area contributed by atoms with E-state index in [2.05, 4.69) is 30.7 Å². The molecule has 1 unspecified atom stereocenters. The van der Waals surface area contributed by atoms with Crippen molar-refractivity contribution < 1.29 is 9.45 Å². The monoisotopic (exact) mass is 211 g/mol. The predicted octanol–water partition coefficient (Wildman–Crippen LogP) is 1.81. The standard InChI is InChI=1S/C11H22BNO2/c1-4-5-6-10(11(14)15-12)7-8-13-9(2)3/h9-10,13H,4-8H2,1-3H3. The lowest BCUT2D eigenvalue weighted by atomic mass is 9.98. The second kappa shape index (κ2) is 8.78. The number of carbonyl (C=O) groups excluding carboxylic acids is 1. The van der Waals surface area contributed by atoms with Gasteiger partial charge in [-0.15, -0.1) is 0 Å². The summed E-state index contributed by atoms with van der Waals surface area (Å²) < 4.78 is 4.30. The van der Waals surface area contributed by atoms with Crippen LogP contribution in [-0.4, -0.2) is 26.6 Å². The summed E-state index contributed by atoms with van der Waals surface area (Å²) in [5, 5.41) is 3.28. The molecule has 86 valence electrons. The summed E-state index contributed by atoms with van der Waals surface area (Å²) in [6.45, 7) is 7.11. The molecule has 0 aromatic heterocycles. The highest BCUT2D eigenvalue weighted by Crippen LogP contribution is 2.13. The average molecular weight is 211 g/mol. The largest absolute Gasteiger partial charge is 0.543 e. The molecule has 0 heterocycles. The Morgan fingerprint density at radius 2 is 2.07 bits per heavy atom. The molecule has 0 aliphatic rings. The van der Waals surface area contributed by atoms with Gasteiger partial charge in [-0.3, -0.25) is 4.79 Å². The zero-order valence-electron chi connectivity index (χ0n) is 10.1. The number of hydrogen-bond acceptors (Lipinski definition) is 3. The summed E-state index contributed by atoms with van der Waals surface area (Å²) in [5.41, 5.74) is 0. The zero-order chi connectivity index (χ0) is 11.7. The van der Waals surface area contributed by atoms with Crippen molar-refractivity contribution in [1.29, 1.82) is 0 Å². The molecule has 0 amide bonds. The highest BCUT2D eigenvalue weighted by atomic mass is 16.5. The van der Waals surface area contributed by atoms with E-state index in [1.165, 1.54) is 0 Å². The molecule has 15 heavy (non-hydrogen) atoms. The summed E-state index contributed by atoms with van der Waals surface area (Å²) in [5.74, 6) is -0.338. The normalized spacial score (nSPS) is 12.8. The third kappa shape index (κ3) is 7.43. The maximum atomic E-state index is 11.3. The Morgan fingerprint density at radius 1 is 1.40 bits per heavy atom. The molecule has 0 aromatic rings. The SMILES string of the molecule is [B]OC(=O)C(CCCC)CCNC(C)C. The van der Waals surface area contributed by atoms with Crippen molar-refractivity contribution in [1.82, 2.24) is 5.32 Å². The summed E-state index contributed by atoms with van der Waals surface area (Å²) in [7, 11) is 4.91. The number of unbranched alkanes of at least 4 members (excludes halogenated alkanes) is 1. The molecule has 3 nitrogen and oxygen atoms in total. The van der Waals surface area contributed by atoms with Gasteiger partial charge in [0.2, 0.25) is 0 Å². The number of rotatable bonds is 8. The van der Waals surface area contributed by atoms with Gasteiger partial charge in [0.15, 0.2) is 0 Å². The van der Waals surface area contributed by atoms with Crippen LogP contribution in [0.4, 0.5) is 0 Å². The van der Waals surface area contributed by atoms with Gasteiger partial charge < -0.3 is 9.97 Å². The third-order valence-corrected chi connectivity index (χ3v) is 2.40. The Balaban J connectivity index is 3.84. The van der Waals surface area contributed by atoms with E-state index in [0.29, 0.717) is 6.04 Å². The minimum absolute atomic E-state index is 0.0544. The van der Waals surface area contributed by atoms with Crippen LogP contribution >= 0.6 is 0 Å². The molecule has 0 rings (SSSR count). The number of carbonyl (C=O) groups is 1. The topological polar surface area (TPSA) is 38.3 Å². The molecule has 1 N–H and O–H groups in total. The van der Waals surface area contributed by atoms with Gasteiger partial charge in [0.05, 0.1) is 5.92 Å². The molecule has 0 saturated heterocycles. The summed E-state index contributed by atoms with van der Waals surface area (Å²) >= 11 is 0. The van der Waals surface area contributed by atoms with Crippen LogP contribution < -0.4 is 5.32 Å². The quantitative estimate of drug-likeness (QED) is 0.622. The van der Waals surface area contributed by atoms with E-state index < -0.39 is 0 Å². The highest BCUT2D eigenvalue weighted by Gasteiger charge is 2.17. The van der Waals surface area contributed by atoms with Gasteiger partial charge in [-0.05, 0) is 19.4 Å². The van der Waals surface area contributed by atoms with Gasteiger partial charge in [0, 0.05) is 6.04 Å². The molecule has 0 spiro atoms. The maximum Gasteiger partial charge on any atom is 0.378 e. The first-order valence-electron chi connectivity index (χ1n) is 5.75. The van der Waals surface area contributed by atoms with Crippen LogP contribution in [0.5, 0.6) is 0 Å². The Hall–Kier alpha value is -0.505. The van der Waals surface area contributed by atoms with E-state index in [-0.39, 0.29) is 11.9 Å². The Morgan fingerprint density at radius 3 is 2.53 bits per heavy atom. The first-order valence-corrected chi connectivity index (χ1v) is 5.75. The van der Waals surface area contributed by atoms with Crippen molar-refractivity contribution in [3.05, 3.63) is 0 Å². The summed E-state index contributed by atoms with van der Waals surface area (Å²) in [6, 6.07) is 0.450. The van der Waals surface area contributed by atoms with Gasteiger partial charge in [-0.25, -0.2) is 0 Å². The Bertz CT molecular complexity index is 174. The van der Waals surface area contributed by atoms with E-state index >= 15 is 0 Å². The molecular weight excluding hydrogens is 189 g/mol. The minimum Gasteiger partial charge on any atom is -0.543 e. The van der Waals surface area contributed by atoms with Gasteiger partial charge in [-0.2, -0.15) is 0 Å². The summed E-state index contributed by atoms with van der Waals surface area (Å²) in [6.07, 6.45) is 3.80. The molecule has 2 radical (unpaired) electrons. The van der Waals surface area contributed by atoms with Crippen LogP contribution in [0, 0.1) is 5.92 Å². The van der Waals surface area contributed by atoms with Crippen LogP contribution in [0.2, 0.25) is 0 Å². The van der Waals surface area contributed by atoms with Crippen LogP contribution in [0.15, 0.2) is 0 Å². The van der Waals surface area contributed by atoms with Gasteiger partial charge in [0.1, 0.15) is 0 Å². The molecule has 1 atom stereocenters. The lowest BCUT2D eigenvalue weighted by molar-refractivity contribution is -0.139. The number of hydrogen-bond donors (Lipinski definition) is 1. The highest BCUT2D eigenvalue weighted by molar-refractivity contribution is 6.05. The molecule has 0 fully saturated rings. The van der Waals surface area contributed by atoms with Crippen molar-refractivity contribution in [3.63, 3.8) is 0 Å². The van der Waals surface area contributed by atoms with E-state index in [1.54, 1.807) is 0 Å². The summed E-state index contributed by atoms with van der Waals surface area (Å²) in [4.78, 5) is 11.3. The van der Waals surface area contributed by atoms with Crippen LogP contribution in [-0.2, 0) is 9.45 Å². The van der Waals surface area contributed by atoms with Gasteiger partial charge in [-0.1, -0.05) is 33.6 Å². The van der Waals surface area contributed by atoms with E-state index in [4.69, 9.17) is 8.05 Å². The average Bonchev–Trinajstić information content (AvgIpc) is 2.21.